The summed E-state index contributed by atoms with van der Waals surface area (Å²) >= 11 is 0. The highest BCUT2D eigenvalue weighted by Crippen LogP contribution is 2.36. The number of imidazole rings is 2. The van der Waals surface area contributed by atoms with Crippen molar-refractivity contribution in [2.24, 2.45) is 5.92 Å². The van der Waals surface area contributed by atoms with Crippen molar-refractivity contribution in [3.63, 3.8) is 0 Å². The molecule has 0 aliphatic carbocycles. The Morgan fingerprint density at radius 1 is 0.750 bits per heavy atom. The number of rotatable bonds is 10. The number of benzene rings is 3. The lowest BCUT2D eigenvalue weighted by Gasteiger charge is -2.30. The minimum Gasteiger partial charge on any atom is -0.453 e. The number of amides is 4. The molecule has 2 fully saturated rings. The van der Waals surface area contributed by atoms with E-state index >= 15 is 4.39 Å². The summed E-state index contributed by atoms with van der Waals surface area (Å²) in [7, 11) is 2.51. The van der Waals surface area contributed by atoms with Crippen molar-refractivity contribution in [1.82, 2.24) is 40.4 Å². The highest BCUT2D eigenvalue weighted by Gasteiger charge is 2.38. The summed E-state index contributed by atoms with van der Waals surface area (Å²) in [5.74, 6) is 12.0. The second kappa shape index (κ2) is 22.0. The first-order valence-electron chi connectivity index (χ1n) is 20.4. The number of likely N-dealkylation sites (tertiary alicyclic amines) is 2. The van der Waals surface area contributed by atoms with E-state index in [2.05, 4.69) is 54.3 Å². The quantitative estimate of drug-likeness (QED) is 0.103. The van der Waals surface area contributed by atoms with Gasteiger partial charge in [-0.15, -0.1) is 24.8 Å². The molecule has 0 bridgehead atoms. The molecule has 4 heterocycles. The molecule has 64 heavy (non-hydrogen) atoms. The number of halogens is 3. The van der Waals surface area contributed by atoms with Crippen molar-refractivity contribution in [3.05, 3.63) is 119 Å². The molecular formula is C47H49Cl2FN8O6. The lowest BCUT2D eigenvalue weighted by Crippen LogP contribution is -2.51. The summed E-state index contributed by atoms with van der Waals surface area (Å²) in [6.07, 6.45) is 4.81. The predicted octanol–water partition coefficient (Wildman–Crippen LogP) is 7.66. The third-order valence-corrected chi connectivity index (χ3v) is 11.1. The first-order chi connectivity index (χ1) is 30.1. The fourth-order valence-corrected chi connectivity index (χ4v) is 7.93. The SMILES string of the molecule is COC(=O)N[C@H](C(=O)N1CCC[C@H]1c1ncc(-c2ccc(C#CC#Cc3cnc([C@@H]4CCCN4C(=O)[C@H](NC(=O)OC)c4ccccc4)[nH]3)c(-c3ccccc3F)c2)[nH]1)C(C)C.Cl.Cl. The second-order valence-corrected chi connectivity index (χ2v) is 15.3. The van der Waals surface area contributed by atoms with E-state index in [4.69, 9.17) is 9.47 Å². The van der Waals surface area contributed by atoms with Crippen molar-refractivity contribution < 1.29 is 33.0 Å². The van der Waals surface area contributed by atoms with Crippen LogP contribution in [0.25, 0.3) is 22.4 Å². The van der Waals surface area contributed by atoms with Gasteiger partial charge in [0.15, 0.2) is 0 Å². The van der Waals surface area contributed by atoms with Crippen LogP contribution < -0.4 is 10.6 Å². The maximum Gasteiger partial charge on any atom is 0.407 e. The van der Waals surface area contributed by atoms with Crippen molar-refractivity contribution >= 4 is 48.8 Å². The van der Waals surface area contributed by atoms with Gasteiger partial charge in [-0.05, 0) is 73.1 Å². The van der Waals surface area contributed by atoms with E-state index in [0.29, 0.717) is 71.2 Å². The van der Waals surface area contributed by atoms with Crippen LogP contribution in [0.1, 0.15) is 86.1 Å². The Hall–Kier alpha value is -6.81. The lowest BCUT2D eigenvalue weighted by molar-refractivity contribution is -0.135. The topological polar surface area (TPSA) is 175 Å². The smallest absolute Gasteiger partial charge is 0.407 e. The Bertz CT molecular complexity index is 2580. The number of aromatic nitrogens is 4. The maximum absolute atomic E-state index is 15.3. The number of hydrogen-bond acceptors (Lipinski definition) is 8. The third-order valence-electron chi connectivity index (χ3n) is 11.1. The molecule has 5 aromatic rings. The van der Waals surface area contributed by atoms with Crippen LogP contribution in [0.15, 0.2) is 85.2 Å². The summed E-state index contributed by atoms with van der Waals surface area (Å²) in [5, 5.41) is 5.34. The largest absolute Gasteiger partial charge is 0.453 e. The van der Waals surface area contributed by atoms with Crippen molar-refractivity contribution in [2.75, 3.05) is 27.3 Å². The van der Waals surface area contributed by atoms with Crippen LogP contribution in [0.4, 0.5) is 14.0 Å². The molecule has 14 nitrogen and oxygen atoms in total. The van der Waals surface area contributed by atoms with Gasteiger partial charge in [-0.1, -0.05) is 74.4 Å². The molecule has 7 rings (SSSR count). The molecule has 4 atom stereocenters. The van der Waals surface area contributed by atoms with Crippen LogP contribution in [0.2, 0.25) is 0 Å². The zero-order valence-electron chi connectivity index (χ0n) is 35.6. The van der Waals surface area contributed by atoms with E-state index in [1.165, 1.54) is 20.3 Å². The van der Waals surface area contributed by atoms with E-state index in [1.54, 1.807) is 70.7 Å². The zero-order valence-corrected chi connectivity index (χ0v) is 37.3. The highest BCUT2D eigenvalue weighted by atomic mass is 35.5. The summed E-state index contributed by atoms with van der Waals surface area (Å²) in [6, 6.07) is 18.6. The van der Waals surface area contributed by atoms with Gasteiger partial charge in [-0.2, -0.15) is 0 Å². The van der Waals surface area contributed by atoms with Gasteiger partial charge in [0.25, 0.3) is 5.91 Å². The maximum atomic E-state index is 15.3. The predicted molar refractivity (Wildman–Crippen MR) is 243 cm³/mol. The molecule has 0 unspecified atom stereocenters. The van der Waals surface area contributed by atoms with Gasteiger partial charge in [0.1, 0.15) is 35.2 Å². The molecule has 3 aromatic carbocycles. The minimum atomic E-state index is -0.934. The molecule has 0 spiro atoms. The number of aromatic amines is 2. The van der Waals surface area contributed by atoms with Crippen LogP contribution in [0.5, 0.6) is 0 Å². The monoisotopic (exact) mass is 910 g/mol. The Balaban J connectivity index is 0.00000385. The number of carbonyl (C=O) groups excluding carboxylic acids is 4. The molecule has 2 aliphatic rings. The van der Waals surface area contributed by atoms with Crippen molar-refractivity contribution in [3.8, 4) is 46.1 Å². The van der Waals surface area contributed by atoms with Gasteiger partial charge in [0.2, 0.25) is 5.91 Å². The minimum absolute atomic E-state index is 0. The molecule has 0 radical (unpaired) electrons. The first kappa shape index (κ1) is 48.2. The highest BCUT2D eigenvalue weighted by molar-refractivity contribution is 5.88. The average molecular weight is 912 g/mol. The van der Waals surface area contributed by atoms with Crippen LogP contribution in [0, 0.1) is 35.4 Å². The van der Waals surface area contributed by atoms with E-state index in [-0.39, 0.29) is 54.6 Å². The molecule has 2 saturated heterocycles. The van der Waals surface area contributed by atoms with Gasteiger partial charge >= 0.3 is 12.2 Å². The molecule has 4 N–H and O–H groups in total. The van der Waals surface area contributed by atoms with Gasteiger partial charge in [0, 0.05) is 35.3 Å². The average Bonchev–Trinajstić information content (AvgIpc) is 4.14. The van der Waals surface area contributed by atoms with Crippen LogP contribution in [-0.2, 0) is 19.1 Å². The normalized spacial score (nSPS) is 16.2. The molecular weight excluding hydrogens is 862 g/mol. The van der Waals surface area contributed by atoms with Crippen molar-refractivity contribution in [2.45, 2.75) is 63.7 Å². The van der Waals surface area contributed by atoms with E-state index in [1.807, 2.05) is 32.0 Å². The number of hydrogen-bond donors (Lipinski definition) is 4. The van der Waals surface area contributed by atoms with Crippen molar-refractivity contribution in [1.29, 1.82) is 0 Å². The van der Waals surface area contributed by atoms with E-state index in [0.717, 1.165) is 18.4 Å². The second-order valence-electron chi connectivity index (χ2n) is 15.3. The van der Waals surface area contributed by atoms with Gasteiger partial charge in [-0.3, -0.25) is 9.59 Å². The number of carbonyl (C=O) groups is 4. The number of nitrogens with one attached hydrogen (secondary N) is 4. The summed E-state index contributed by atoms with van der Waals surface area (Å²) in [4.78, 5) is 71.0. The van der Waals surface area contributed by atoms with Crippen LogP contribution in [-0.4, -0.2) is 87.1 Å². The molecule has 0 saturated carbocycles. The number of methoxy groups -OCH3 is 2. The first-order valence-corrected chi connectivity index (χ1v) is 20.4. The summed E-state index contributed by atoms with van der Waals surface area (Å²) in [5.41, 5.74) is 4.03. The van der Waals surface area contributed by atoms with Crippen LogP contribution in [0.3, 0.4) is 0 Å². The van der Waals surface area contributed by atoms with E-state index < -0.39 is 30.1 Å². The molecule has 334 valence electrons. The molecule has 2 aromatic heterocycles. The van der Waals surface area contributed by atoms with Gasteiger partial charge in [-0.25, -0.2) is 23.9 Å². The Labute approximate surface area is 383 Å². The zero-order chi connectivity index (χ0) is 43.8. The van der Waals surface area contributed by atoms with Gasteiger partial charge < -0.3 is 39.9 Å². The number of alkyl carbamates (subject to hydrolysis) is 2. The summed E-state index contributed by atoms with van der Waals surface area (Å²) < 4.78 is 24.9. The third kappa shape index (κ3) is 10.9. The number of H-pyrrole nitrogens is 2. The van der Waals surface area contributed by atoms with E-state index in [9.17, 15) is 19.2 Å². The fourth-order valence-electron chi connectivity index (χ4n) is 7.93. The molecule has 17 heteroatoms. The van der Waals surface area contributed by atoms with Crippen LogP contribution >= 0.6 is 24.8 Å². The number of ether oxygens (including phenoxy) is 2. The lowest BCUT2D eigenvalue weighted by atomic mass is 9.96. The number of nitrogens with zero attached hydrogens (tertiary/aromatic N) is 4. The fraction of sp³-hybridized carbons (Fsp3) is 0.319. The van der Waals surface area contributed by atoms with Gasteiger partial charge in [0.05, 0.1) is 44.4 Å². The Kier molecular flexibility index (Phi) is 16.6. The standard InChI is InChI=1S/C47H47FN8O6.2ClH/c1-29(2)40(53-46(59)61-3)44(57)55-24-13-21-39(55)43-50-28-37(52-43)32-23-22-30(35(26-32)34-18-10-11-19-36(34)48)14-8-9-17-33-27-49-42(51-33)38-20-12-25-56(38)45(58)41(54-47(60)62-4)31-15-6-5-7-16-31;;/h5-7,10-11,15-16,18-19,22-23,26-29,38-41H,12-13,20-21,24-25H2,1-4H3,(H,49,51)(H,50,52)(H,53,59)(H,54,60);2*1H/t38-,39-,40-,41+;;/m0../s1. The Morgan fingerprint density at radius 3 is 2.03 bits per heavy atom. The molecule has 4 amide bonds. The Morgan fingerprint density at radius 2 is 1.36 bits per heavy atom. The molecule has 2 aliphatic heterocycles. The summed E-state index contributed by atoms with van der Waals surface area (Å²) in [6.45, 7) is 4.75.